The van der Waals surface area contributed by atoms with E-state index in [9.17, 15) is 19.7 Å². The van der Waals surface area contributed by atoms with E-state index in [1.807, 2.05) is 0 Å². The summed E-state index contributed by atoms with van der Waals surface area (Å²) < 4.78 is 2.09. The molecule has 4 rings (SSSR count). The lowest BCUT2D eigenvalue weighted by atomic mass is 10.3. The Hall–Kier alpha value is -3.88. The number of benzene rings is 1. The van der Waals surface area contributed by atoms with Gasteiger partial charge in [0, 0.05) is 12.1 Å². The fourth-order valence-electron chi connectivity index (χ4n) is 2.60. The highest BCUT2D eigenvalue weighted by atomic mass is 16.6. The summed E-state index contributed by atoms with van der Waals surface area (Å²) in [6.45, 7) is 0. The highest BCUT2D eigenvalue weighted by Crippen LogP contribution is 2.14. The maximum atomic E-state index is 12.9. The first-order valence-electron chi connectivity index (χ1n) is 7.22. The van der Waals surface area contributed by atoms with Crippen molar-refractivity contribution in [3.05, 3.63) is 85.7 Å². The standard InChI is InChI=1S/C16H9N5O4/c22-15-18-14-17-12-4-2-1-3-5-13(12)20(14)16(23)19(15)10-6-8-11(9-7-10)21(24)25/h1-9H. The van der Waals surface area contributed by atoms with Crippen molar-refractivity contribution in [1.82, 2.24) is 18.9 Å². The Balaban J connectivity index is 2.06. The van der Waals surface area contributed by atoms with Crippen molar-refractivity contribution in [2.75, 3.05) is 0 Å². The van der Waals surface area contributed by atoms with Crippen LogP contribution in [0.4, 0.5) is 5.69 Å². The van der Waals surface area contributed by atoms with Crippen LogP contribution in [0.3, 0.4) is 0 Å². The molecule has 2 heterocycles. The number of nitrogens with zero attached hydrogens (tertiary/aromatic N) is 5. The average molecular weight is 335 g/mol. The van der Waals surface area contributed by atoms with Crippen LogP contribution in [-0.2, 0) is 0 Å². The van der Waals surface area contributed by atoms with E-state index in [2.05, 4.69) is 9.97 Å². The third-order valence-electron chi connectivity index (χ3n) is 3.74. The molecule has 0 atom stereocenters. The van der Waals surface area contributed by atoms with E-state index in [1.54, 1.807) is 30.3 Å². The third-order valence-corrected chi connectivity index (χ3v) is 3.74. The van der Waals surface area contributed by atoms with Crippen LogP contribution in [0.25, 0.3) is 22.5 Å². The summed E-state index contributed by atoms with van der Waals surface area (Å²) in [5.41, 5.74) is -0.359. The van der Waals surface area contributed by atoms with Crippen molar-refractivity contribution >= 4 is 22.5 Å². The molecule has 2 aromatic heterocycles. The zero-order valence-electron chi connectivity index (χ0n) is 12.6. The van der Waals surface area contributed by atoms with Crippen LogP contribution in [0.2, 0.25) is 0 Å². The molecular formula is C16H9N5O4. The number of hydrogen-bond donors (Lipinski definition) is 0. The molecule has 0 amide bonds. The van der Waals surface area contributed by atoms with Gasteiger partial charge in [-0.2, -0.15) is 4.98 Å². The maximum absolute atomic E-state index is 12.9. The van der Waals surface area contributed by atoms with Crippen molar-refractivity contribution in [3.63, 3.8) is 0 Å². The van der Waals surface area contributed by atoms with Gasteiger partial charge in [0.25, 0.3) is 5.69 Å². The van der Waals surface area contributed by atoms with Crippen LogP contribution in [-0.4, -0.2) is 23.9 Å². The molecule has 0 fully saturated rings. The van der Waals surface area contributed by atoms with E-state index in [0.29, 0.717) is 11.0 Å². The van der Waals surface area contributed by atoms with Gasteiger partial charge in [0.1, 0.15) is 0 Å². The van der Waals surface area contributed by atoms with Gasteiger partial charge in [-0.3, -0.25) is 10.1 Å². The second kappa shape index (κ2) is 5.34. The first kappa shape index (κ1) is 14.7. The Kier molecular flexibility index (Phi) is 3.14. The molecule has 0 aliphatic carbocycles. The summed E-state index contributed by atoms with van der Waals surface area (Å²) >= 11 is 0. The largest absolute Gasteiger partial charge is 0.359 e. The van der Waals surface area contributed by atoms with Gasteiger partial charge < -0.3 is 0 Å². The minimum atomic E-state index is -0.800. The van der Waals surface area contributed by atoms with Gasteiger partial charge in [-0.05, 0) is 24.3 Å². The van der Waals surface area contributed by atoms with Gasteiger partial charge in [0.15, 0.2) is 0 Å². The van der Waals surface area contributed by atoms with Crippen molar-refractivity contribution < 1.29 is 4.92 Å². The molecule has 4 aromatic rings. The highest BCUT2D eigenvalue weighted by Gasteiger charge is 2.15. The SMILES string of the molecule is O=c1nc2nc3cccccc3n2c(=O)n1-c1ccc([N+](=O)[O-])cc1. The molecular weight excluding hydrogens is 326 g/mol. The van der Waals surface area contributed by atoms with Gasteiger partial charge in [-0.25, -0.2) is 23.5 Å². The van der Waals surface area contributed by atoms with Crippen LogP contribution in [0, 0.1) is 10.1 Å². The van der Waals surface area contributed by atoms with Gasteiger partial charge in [0.05, 0.1) is 21.6 Å². The Labute approximate surface area is 138 Å². The van der Waals surface area contributed by atoms with Crippen LogP contribution >= 0.6 is 0 Å². The zero-order valence-corrected chi connectivity index (χ0v) is 12.6. The summed E-state index contributed by atoms with van der Waals surface area (Å²) in [5, 5.41) is 10.7. The number of nitro groups is 1. The van der Waals surface area contributed by atoms with Gasteiger partial charge >= 0.3 is 11.4 Å². The second-order valence-electron chi connectivity index (χ2n) is 5.21. The monoisotopic (exact) mass is 335 g/mol. The highest BCUT2D eigenvalue weighted by molar-refractivity contribution is 5.78. The van der Waals surface area contributed by atoms with Crippen LogP contribution in [0.1, 0.15) is 0 Å². The number of imidazole rings is 1. The fourth-order valence-corrected chi connectivity index (χ4v) is 2.60. The van der Waals surface area contributed by atoms with Crippen molar-refractivity contribution in [2.45, 2.75) is 0 Å². The summed E-state index contributed by atoms with van der Waals surface area (Å²) in [7, 11) is 0. The third kappa shape index (κ3) is 2.26. The molecule has 0 aliphatic heterocycles. The van der Waals surface area contributed by atoms with Gasteiger partial charge in [-0.15, -0.1) is 0 Å². The summed E-state index contributed by atoms with van der Waals surface area (Å²) in [4.78, 5) is 43.4. The van der Waals surface area contributed by atoms with E-state index in [0.717, 1.165) is 4.57 Å². The summed E-state index contributed by atoms with van der Waals surface area (Å²) in [6, 6.07) is 13.8. The van der Waals surface area contributed by atoms with E-state index >= 15 is 0 Å². The van der Waals surface area contributed by atoms with E-state index in [1.165, 1.54) is 28.7 Å². The molecule has 0 saturated heterocycles. The quantitative estimate of drug-likeness (QED) is 0.403. The van der Waals surface area contributed by atoms with Gasteiger partial charge in [-0.1, -0.05) is 18.2 Å². The lowest BCUT2D eigenvalue weighted by Gasteiger charge is -2.04. The summed E-state index contributed by atoms with van der Waals surface area (Å²) in [5.74, 6) is 0.00867. The Morgan fingerprint density at radius 1 is 0.920 bits per heavy atom. The first-order valence-corrected chi connectivity index (χ1v) is 7.22. The van der Waals surface area contributed by atoms with Crippen molar-refractivity contribution in [2.24, 2.45) is 0 Å². The Morgan fingerprint density at radius 2 is 1.64 bits per heavy atom. The zero-order chi connectivity index (χ0) is 17.6. The molecule has 0 saturated carbocycles. The maximum Gasteiger partial charge on any atom is 0.359 e. The molecule has 0 bridgehead atoms. The molecule has 0 unspecified atom stereocenters. The molecule has 25 heavy (non-hydrogen) atoms. The Morgan fingerprint density at radius 3 is 2.36 bits per heavy atom. The lowest BCUT2D eigenvalue weighted by molar-refractivity contribution is -0.384. The molecule has 9 heteroatoms. The number of rotatable bonds is 2. The topological polar surface area (TPSA) is 112 Å². The predicted octanol–water partition coefficient (Wildman–Crippen LogP) is 1.30. The fraction of sp³-hybridized carbons (Fsp3) is 0. The van der Waals surface area contributed by atoms with Crippen LogP contribution in [0.5, 0.6) is 0 Å². The molecule has 0 N–H and O–H groups in total. The van der Waals surface area contributed by atoms with Crippen molar-refractivity contribution in [3.8, 4) is 5.69 Å². The molecule has 9 nitrogen and oxygen atoms in total. The first-order chi connectivity index (χ1) is 12.1. The normalized spacial score (nSPS) is 11.0. The smallest absolute Gasteiger partial charge is 0.258 e. The minimum Gasteiger partial charge on any atom is -0.258 e. The summed E-state index contributed by atoms with van der Waals surface area (Å²) in [6.07, 6.45) is 0. The van der Waals surface area contributed by atoms with E-state index in [-0.39, 0.29) is 17.2 Å². The second-order valence-corrected chi connectivity index (χ2v) is 5.21. The number of nitro benzene ring substituents is 1. The minimum absolute atomic E-state index is 0.00867. The van der Waals surface area contributed by atoms with Crippen molar-refractivity contribution in [1.29, 1.82) is 0 Å². The number of aromatic nitrogens is 4. The number of non-ortho nitro benzene ring substituents is 1. The molecule has 0 spiro atoms. The number of hydrogen-bond acceptors (Lipinski definition) is 6. The predicted molar refractivity (Wildman–Crippen MR) is 89.0 cm³/mol. The average Bonchev–Trinajstić information content (AvgIpc) is 2.77. The van der Waals surface area contributed by atoms with E-state index in [4.69, 9.17) is 0 Å². The molecule has 2 aromatic carbocycles. The Bertz CT molecular complexity index is 1260. The molecule has 122 valence electrons. The van der Waals surface area contributed by atoms with E-state index < -0.39 is 16.3 Å². The molecule has 0 aliphatic rings. The molecule has 0 radical (unpaired) electrons. The van der Waals surface area contributed by atoms with Crippen LogP contribution in [0.15, 0.2) is 64.2 Å². The van der Waals surface area contributed by atoms with Gasteiger partial charge in [0.2, 0.25) is 5.78 Å². The lowest BCUT2D eigenvalue weighted by Crippen LogP contribution is -2.37. The number of fused-ring (bicyclic) bond motifs is 3. The van der Waals surface area contributed by atoms with Crippen LogP contribution < -0.4 is 11.4 Å².